The first-order valence-corrected chi connectivity index (χ1v) is 9.92. The molecule has 1 saturated carbocycles. The Bertz CT molecular complexity index is 1010. The minimum Gasteiger partial charge on any atom is -0.487 e. The van der Waals surface area contributed by atoms with E-state index in [1.165, 1.54) is 5.56 Å². The fourth-order valence-corrected chi connectivity index (χ4v) is 4.15. The van der Waals surface area contributed by atoms with E-state index in [1.807, 2.05) is 48.5 Å². The third kappa shape index (κ3) is 4.49. The van der Waals surface area contributed by atoms with Gasteiger partial charge in [-0.1, -0.05) is 42.5 Å². The first-order valence-electron chi connectivity index (χ1n) is 9.92. The molecule has 29 heavy (non-hydrogen) atoms. The summed E-state index contributed by atoms with van der Waals surface area (Å²) in [6.45, 7) is 0.681. The minimum absolute atomic E-state index is 0.229. The Hall–Kier alpha value is -3.12. The Morgan fingerprint density at radius 2 is 1.90 bits per heavy atom. The maximum absolute atomic E-state index is 11.1. The number of hydroxylamine groups is 2. The largest absolute Gasteiger partial charge is 0.487 e. The summed E-state index contributed by atoms with van der Waals surface area (Å²) in [6.07, 6.45) is 2.82. The molecule has 0 bridgehead atoms. The summed E-state index contributed by atoms with van der Waals surface area (Å²) in [7, 11) is 0. The number of hydrogen-bond donors (Lipinski definition) is 2. The highest BCUT2D eigenvalue weighted by Crippen LogP contribution is 2.42. The predicted octanol–water partition coefficient (Wildman–Crippen LogP) is 4.47. The van der Waals surface area contributed by atoms with Gasteiger partial charge in [0.05, 0.1) is 17.8 Å². The van der Waals surface area contributed by atoms with E-state index < -0.39 is 6.03 Å². The summed E-state index contributed by atoms with van der Waals surface area (Å²) >= 11 is 0. The average Bonchev–Trinajstić information content (AvgIpc) is 3.20. The molecule has 0 spiro atoms. The Labute approximate surface area is 169 Å². The second kappa shape index (κ2) is 8.49. The molecule has 2 unspecified atom stereocenters. The van der Waals surface area contributed by atoms with Crippen LogP contribution >= 0.6 is 0 Å². The van der Waals surface area contributed by atoms with Crippen molar-refractivity contribution in [3.63, 3.8) is 0 Å². The fourth-order valence-electron chi connectivity index (χ4n) is 4.15. The van der Waals surface area contributed by atoms with Gasteiger partial charge in [0.2, 0.25) is 0 Å². The van der Waals surface area contributed by atoms with Crippen molar-refractivity contribution in [2.24, 2.45) is 11.7 Å². The predicted molar refractivity (Wildman–Crippen MR) is 111 cm³/mol. The standard InChI is InChI=1S/C23H25N3O3/c24-23(27)26(28)14-16-9-10-18(13-16)20-6-2-4-8-22(20)29-15-19-12-11-17-5-1-3-7-21(17)25-19/h1-8,11-12,16,18,28H,9-10,13-15H2,(H2,24,27). The minimum atomic E-state index is -0.805. The summed E-state index contributed by atoms with van der Waals surface area (Å²) in [6, 6.07) is 19.4. The maximum Gasteiger partial charge on any atom is 0.338 e. The number of primary amides is 1. The third-order valence-electron chi connectivity index (χ3n) is 5.62. The van der Waals surface area contributed by atoms with Gasteiger partial charge in [-0.25, -0.2) is 14.8 Å². The molecule has 6 nitrogen and oxygen atoms in total. The smallest absolute Gasteiger partial charge is 0.338 e. The van der Waals surface area contributed by atoms with Crippen LogP contribution in [0.15, 0.2) is 60.7 Å². The molecule has 150 valence electrons. The highest BCUT2D eigenvalue weighted by atomic mass is 16.5. The van der Waals surface area contributed by atoms with E-state index in [1.54, 1.807) is 0 Å². The second-order valence-corrected chi connectivity index (χ2v) is 7.62. The first kappa shape index (κ1) is 19.2. The zero-order valence-corrected chi connectivity index (χ0v) is 16.2. The number of carbonyl (C=O) groups is 1. The van der Waals surface area contributed by atoms with Crippen LogP contribution in [-0.4, -0.2) is 27.8 Å². The van der Waals surface area contributed by atoms with Gasteiger partial charge >= 0.3 is 6.03 Å². The monoisotopic (exact) mass is 391 g/mol. The van der Waals surface area contributed by atoms with Crippen molar-refractivity contribution in [1.29, 1.82) is 0 Å². The number of fused-ring (bicyclic) bond motifs is 1. The van der Waals surface area contributed by atoms with E-state index in [4.69, 9.17) is 10.5 Å². The number of carbonyl (C=O) groups excluding carboxylic acids is 1. The number of pyridine rings is 1. The van der Waals surface area contributed by atoms with E-state index >= 15 is 0 Å². The number of nitrogens with two attached hydrogens (primary N) is 1. The third-order valence-corrected chi connectivity index (χ3v) is 5.62. The SMILES string of the molecule is NC(=O)N(O)CC1CCC(c2ccccc2OCc2ccc3ccccc3n2)C1. The molecule has 3 aromatic rings. The van der Waals surface area contributed by atoms with Crippen LogP contribution in [0.1, 0.15) is 36.4 Å². The van der Waals surface area contributed by atoms with Crippen molar-refractivity contribution in [1.82, 2.24) is 10.0 Å². The van der Waals surface area contributed by atoms with Gasteiger partial charge < -0.3 is 10.5 Å². The highest BCUT2D eigenvalue weighted by molar-refractivity contribution is 5.78. The quantitative estimate of drug-likeness (QED) is 0.479. The Morgan fingerprint density at radius 1 is 1.10 bits per heavy atom. The summed E-state index contributed by atoms with van der Waals surface area (Å²) in [4.78, 5) is 15.7. The average molecular weight is 391 g/mol. The summed E-state index contributed by atoms with van der Waals surface area (Å²) in [5.74, 6) is 1.43. The van der Waals surface area contributed by atoms with Gasteiger partial charge in [-0.3, -0.25) is 5.21 Å². The van der Waals surface area contributed by atoms with Crippen LogP contribution in [0.25, 0.3) is 10.9 Å². The van der Waals surface area contributed by atoms with Crippen molar-refractivity contribution in [3.05, 3.63) is 71.9 Å². The zero-order chi connectivity index (χ0) is 20.2. The van der Waals surface area contributed by atoms with Gasteiger partial charge in [0.25, 0.3) is 0 Å². The lowest BCUT2D eigenvalue weighted by Gasteiger charge is -2.18. The Kier molecular flexibility index (Phi) is 5.62. The van der Waals surface area contributed by atoms with Gasteiger partial charge in [0.1, 0.15) is 12.4 Å². The van der Waals surface area contributed by atoms with E-state index in [0.29, 0.717) is 17.6 Å². The lowest BCUT2D eigenvalue weighted by Crippen LogP contribution is -2.35. The van der Waals surface area contributed by atoms with Crippen LogP contribution in [0.4, 0.5) is 4.79 Å². The first-order chi connectivity index (χ1) is 14.1. The topological polar surface area (TPSA) is 88.7 Å². The molecule has 2 amide bonds. The van der Waals surface area contributed by atoms with E-state index in [-0.39, 0.29) is 12.5 Å². The van der Waals surface area contributed by atoms with Crippen LogP contribution in [0.5, 0.6) is 5.75 Å². The maximum atomic E-state index is 11.1. The molecule has 3 N–H and O–H groups in total. The van der Waals surface area contributed by atoms with Crippen molar-refractivity contribution >= 4 is 16.9 Å². The number of urea groups is 1. The Balaban J connectivity index is 1.43. The van der Waals surface area contributed by atoms with Crippen LogP contribution < -0.4 is 10.5 Å². The van der Waals surface area contributed by atoms with Crippen LogP contribution in [0.3, 0.4) is 0 Å². The molecule has 1 aliphatic carbocycles. The summed E-state index contributed by atoms with van der Waals surface area (Å²) in [5.41, 5.74) is 8.14. The number of hydrogen-bond acceptors (Lipinski definition) is 4. The molecule has 1 heterocycles. The molecule has 2 aromatic carbocycles. The summed E-state index contributed by atoms with van der Waals surface area (Å²) in [5, 5.41) is 11.3. The molecule has 0 radical (unpaired) electrons. The highest BCUT2D eigenvalue weighted by Gasteiger charge is 2.29. The van der Waals surface area contributed by atoms with Crippen LogP contribution in [-0.2, 0) is 6.61 Å². The molecular weight excluding hydrogens is 366 g/mol. The number of para-hydroxylation sites is 2. The molecule has 2 atom stereocenters. The van der Waals surface area contributed by atoms with Crippen molar-refractivity contribution in [3.8, 4) is 5.75 Å². The molecule has 0 aliphatic heterocycles. The number of amides is 2. The molecular formula is C23H25N3O3. The number of benzene rings is 2. The lowest BCUT2D eigenvalue weighted by molar-refractivity contribution is -0.0500. The van der Waals surface area contributed by atoms with Gasteiger partial charge in [-0.05, 0) is 54.9 Å². The van der Waals surface area contributed by atoms with Crippen LogP contribution in [0, 0.1) is 5.92 Å². The zero-order valence-electron chi connectivity index (χ0n) is 16.2. The lowest BCUT2D eigenvalue weighted by atomic mass is 9.95. The second-order valence-electron chi connectivity index (χ2n) is 7.62. The number of ether oxygens (including phenoxy) is 1. The van der Waals surface area contributed by atoms with Crippen molar-refractivity contribution in [2.45, 2.75) is 31.8 Å². The molecule has 1 fully saturated rings. The Morgan fingerprint density at radius 3 is 2.76 bits per heavy atom. The number of rotatable bonds is 6. The van der Waals surface area contributed by atoms with Crippen molar-refractivity contribution in [2.75, 3.05) is 6.54 Å². The van der Waals surface area contributed by atoms with Gasteiger partial charge in [0.15, 0.2) is 0 Å². The summed E-state index contributed by atoms with van der Waals surface area (Å²) < 4.78 is 6.14. The van der Waals surface area contributed by atoms with Gasteiger partial charge in [-0.15, -0.1) is 0 Å². The van der Waals surface area contributed by atoms with Gasteiger partial charge in [0, 0.05) is 5.39 Å². The molecule has 1 aromatic heterocycles. The number of aromatic nitrogens is 1. The molecule has 4 rings (SSSR count). The van der Waals surface area contributed by atoms with E-state index in [2.05, 4.69) is 17.1 Å². The van der Waals surface area contributed by atoms with Crippen molar-refractivity contribution < 1.29 is 14.7 Å². The normalized spacial score (nSPS) is 18.7. The van der Waals surface area contributed by atoms with Gasteiger partial charge in [-0.2, -0.15) is 0 Å². The fraction of sp³-hybridized carbons (Fsp3) is 0.304. The van der Waals surface area contributed by atoms with Crippen LogP contribution in [0.2, 0.25) is 0 Å². The molecule has 6 heteroatoms. The van der Waals surface area contributed by atoms with E-state index in [9.17, 15) is 10.0 Å². The number of nitrogens with zero attached hydrogens (tertiary/aromatic N) is 2. The molecule has 1 aliphatic rings. The molecule has 0 saturated heterocycles. The van der Waals surface area contributed by atoms with E-state index in [0.717, 1.165) is 41.6 Å².